The van der Waals surface area contributed by atoms with Crippen molar-refractivity contribution in [2.45, 2.75) is 12.8 Å². The van der Waals surface area contributed by atoms with Crippen LogP contribution in [0, 0.1) is 0 Å². The fourth-order valence-corrected chi connectivity index (χ4v) is 0.307. The Morgan fingerprint density at radius 1 is 1.08 bits per heavy atom. The second-order valence-corrected chi connectivity index (χ2v) is 1.81. The Bertz CT molecular complexity index is 83.8. The number of rotatable bonds is 3. The van der Waals surface area contributed by atoms with Crippen molar-refractivity contribution in [2.75, 3.05) is 27.4 Å². The molecule has 5 heteroatoms. The van der Waals surface area contributed by atoms with E-state index in [0.29, 0.717) is 0 Å². The van der Waals surface area contributed by atoms with Crippen LogP contribution in [0.3, 0.4) is 0 Å². The molecule has 0 spiro atoms. The Hall–Kier alpha value is -0.810. The SMILES string of the molecule is COC(=O)OC.OCCCCO. The topological polar surface area (TPSA) is 76.0 Å². The largest absolute Gasteiger partial charge is 0.507 e. The van der Waals surface area contributed by atoms with E-state index in [-0.39, 0.29) is 13.2 Å². The van der Waals surface area contributed by atoms with Crippen molar-refractivity contribution in [1.82, 2.24) is 0 Å². The number of ether oxygens (including phenoxy) is 2. The van der Waals surface area contributed by atoms with Gasteiger partial charge in [0.15, 0.2) is 0 Å². The number of carbonyl (C=O) groups excluding carboxylic acids is 1. The van der Waals surface area contributed by atoms with Gasteiger partial charge in [0.25, 0.3) is 0 Å². The number of hydrogen-bond donors (Lipinski definition) is 2. The predicted molar refractivity (Wildman–Crippen MR) is 42.8 cm³/mol. The number of aliphatic hydroxyl groups excluding tert-OH is 2. The lowest BCUT2D eigenvalue weighted by atomic mass is 10.3. The molecule has 0 unspecified atom stereocenters. The lowest BCUT2D eigenvalue weighted by molar-refractivity contribution is 0.0924. The van der Waals surface area contributed by atoms with E-state index in [9.17, 15) is 4.79 Å². The van der Waals surface area contributed by atoms with Crippen molar-refractivity contribution >= 4 is 6.16 Å². The molecule has 0 amide bonds. The number of carbonyl (C=O) groups is 1. The maximum Gasteiger partial charge on any atom is 0.507 e. The van der Waals surface area contributed by atoms with Crippen LogP contribution in [-0.2, 0) is 9.47 Å². The third kappa shape index (κ3) is 16.1. The molecule has 0 aliphatic carbocycles. The van der Waals surface area contributed by atoms with Gasteiger partial charge in [-0.15, -0.1) is 0 Å². The van der Waals surface area contributed by atoms with Gasteiger partial charge in [-0.25, -0.2) is 4.79 Å². The molecule has 5 nitrogen and oxygen atoms in total. The van der Waals surface area contributed by atoms with Gasteiger partial charge < -0.3 is 19.7 Å². The maximum absolute atomic E-state index is 9.74. The zero-order valence-corrected chi connectivity index (χ0v) is 7.45. The summed E-state index contributed by atoms with van der Waals surface area (Å²) in [6.07, 6.45) is 0.780. The molecular formula is C7H16O5. The first-order chi connectivity index (χ1) is 5.72. The molecule has 0 aromatic rings. The van der Waals surface area contributed by atoms with Gasteiger partial charge in [0.1, 0.15) is 0 Å². The zero-order valence-electron chi connectivity index (χ0n) is 7.45. The lowest BCUT2D eigenvalue weighted by Crippen LogP contribution is -1.97. The third-order valence-corrected chi connectivity index (χ3v) is 0.900. The molecule has 0 fully saturated rings. The summed E-state index contributed by atoms with van der Waals surface area (Å²) >= 11 is 0. The second kappa shape index (κ2) is 12.8. The molecule has 74 valence electrons. The van der Waals surface area contributed by atoms with Crippen molar-refractivity contribution in [1.29, 1.82) is 0 Å². The van der Waals surface area contributed by atoms with E-state index in [0.717, 1.165) is 12.8 Å². The monoisotopic (exact) mass is 180 g/mol. The minimum absolute atomic E-state index is 0.195. The van der Waals surface area contributed by atoms with Crippen molar-refractivity contribution in [2.24, 2.45) is 0 Å². The molecule has 0 atom stereocenters. The van der Waals surface area contributed by atoms with Gasteiger partial charge in [-0.2, -0.15) is 0 Å². The van der Waals surface area contributed by atoms with E-state index in [1.54, 1.807) is 0 Å². The zero-order chi connectivity index (χ0) is 9.82. The molecule has 0 saturated carbocycles. The van der Waals surface area contributed by atoms with Crippen molar-refractivity contribution in [3.05, 3.63) is 0 Å². The van der Waals surface area contributed by atoms with E-state index in [1.807, 2.05) is 0 Å². The van der Waals surface area contributed by atoms with Crippen LogP contribution in [0.15, 0.2) is 0 Å². The quantitative estimate of drug-likeness (QED) is 0.477. The van der Waals surface area contributed by atoms with Crippen molar-refractivity contribution in [3.63, 3.8) is 0 Å². The van der Waals surface area contributed by atoms with Crippen molar-refractivity contribution in [3.8, 4) is 0 Å². The summed E-state index contributed by atoms with van der Waals surface area (Å²) in [6.45, 7) is 0.390. The molecule has 12 heavy (non-hydrogen) atoms. The number of aliphatic hydroxyl groups is 2. The maximum atomic E-state index is 9.74. The standard InChI is InChI=1S/C4H10O2.C3H6O3/c5-3-1-2-4-6;1-5-3(4)6-2/h5-6H,1-4H2;1-2H3. The first kappa shape index (κ1) is 13.8. The summed E-state index contributed by atoms with van der Waals surface area (Å²) in [7, 11) is 2.51. The number of unbranched alkanes of at least 4 members (excludes halogenated alkanes) is 1. The molecule has 2 N–H and O–H groups in total. The van der Waals surface area contributed by atoms with E-state index >= 15 is 0 Å². The molecule has 0 rings (SSSR count). The molecule has 0 radical (unpaired) electrons. The average Bonchev–Trinajstić information content (AvgIpc) is 2.14. The average molecular weight is 180 g/mol. The highest BCUT2D eigenvalue weighted by molar-refractivity contribution is 5.59. The normalized spacial score (nSPS) is 8.00. The highest BCUT2D eigenvalue weighted by Crippen LogP contribution is 1.80. The van der Waals surface area contributed by atoms with Gasteiger partial charge in [-0.1, -0.05) is 0 Å². The molecule has 0 saturated heterocycles. The van der Waals surface area contributed by atoms with Gasteiger partial charge in [-0.05, 0) is 12.8 Å². The van der Waals surface area contributed by atoms with Crippen LogP contribution in [0.4, 0.5) is 4.79 Å². The minimum atomic E-state index is -0.657. The summed E-state index contributed by atoms with van der Waals surface area (Å²) in [5, 5.41) is 16.2. The van der Waals surface area contributed by atoms with E-state index < -0.39 is 6.16 Å². The molecule has 0 aliphatic heterocycles. The van der Waals surface area contributed by atoms with Gasteiger partial charge in [-0.3, -0.25) is 0 Å². The molecule has 0 heterocycles. The van der Waals surface area contributed by atoms with Crippen LogP contribution in [0.1, 0.15) is 12.8 Å². The molecule has 0 aromatic heterocycles. The fraction of sp³-hybridized carbons (Fsp3) is 0.857. The molecule has 0 bridgehead atoms. The van der Waals surface area contributed by atoms with E-state index in [1.165, 1.54) is 14.2 Å². The minimum Gasteiger partial charge on any atom is -0.438 e. The summed E-state index contributed by atoms with van der Waals surface area (Å²) in [5.74, 6) is 0. The van der Waals surface area contributed by atoms with Crippen LogP contribution >= 0.6 is 0 Å². The summed E-state index contributed by atoms with van der Waals surface area (Å²) in [6, 6.07) is 0. The molecular weight excluding hydrogens is 164 g/mol. The smallest absolute Gasteiger partial charge is 0.438 e. The van der Waals surface area contributed by atoms with Gasteiger partial charge in [0.2, 0.25) is 0 Å². The fourth-order valence-electron chi connectivity index (χ4n) is 0.307. The molecule has 0 aromatic carbocycles. The third-order valence-electron chi connectivity index (χ3n) is 0.900. The van der Waals surface area contributed by atoms with Crippen LogP contribution in [0.5, 0.6) is 0 Å². The van der Waals surface area contributed by atoms with Crippen LogP contribution in [0.2, 0.25) is 0 Å². The highest BCUT2D eigenvalue weighted by atomic mass is 16.7. The van der Waals surface area contributed by atoms with Gasteiger partial charge >= 0.3 is 6.16 Å². The summed E-state index contributed by atoms with van der Waals surface area (Å²) in [5.41, 5.74) is 0. The Morgan fingerprint density at radius 2 is 1.42 bits per heavy atom. The Balaban J connectivity index is 0. The number of hydrogen-bond acceptors (Lipinski definition) is 5. The first-order valence-electron chi connectivity index (χ1n) is 3.56. The Morgan fingerprint density at radius 3 is 1.50 bits per heavy atom. The second-order valence-electron chi connectivity index (χ2n) is 1.81. The Kier molecular flexibility index (Phi) is 14.7. The summed E-state index contributed by atoms with van der Waals surface area (Å²) in [4.78, 5) is 9.74. The molecule has 0 aliphatic rings. The first-order valence-corrected chi connectivity index (χ1v) is 3.56. The van der Waals surface area contributed by atoms with Crippen LogP contribution in [0.25, 0.3) is 0 Å². The summed E-state index contributed by atoms with van der Waals surface area (Å²) < 4.78 is 8.08. The van der Waals surface area contributed by atoms with E-state index in [4.69, 9.17) is 10.2 Å². The van der Waals surface area contributed by atoms with Gasteiger partial charge in [0, 0.05) is 13.2 Å². The van der Waals surface area contributed by atoms with Crippen LogP contribution in [-0.4, -0.2) is 43.8 Å². The van der Waals surface area contributed by atoms with Crippen molar-refractivity contribution < 1.29 is 24.5 Å². The predicted octanol–water partition coefficient (Wildman–Crippen LogP) is 0.150. The lowest BCUT2D eigenvalue weighted by Gasteiger charge is -1.89. The highest BCUT2D eigenvalue weighted by Gasteiger charge is 1.88. The number of methoxy groups -OCH3 is 2. The van der Waals surface area contributed by atoms with Gasteiger partial charge in [0.05, 0.1) is 14.2 Å². The Labute approximate surface area is 71.9 Å². The van der Waals surface area contributed by atoms with E-state index in [2.05, 4.69) is 9.47 Å². The van der Waals surface area contributed by atoms with Crippen LogP contribution < -0.4 is 0 Å².